The molecule has 0 atom stereocenters. The first-order valence-corrected chi connectivity index (χ1v) is 22.8. The summed E-state index contributed by atoms with van der Waals surface area (Å²) in [5.41, 5.74) is 9.79. The molecule has 0 bridgehead atoms. The Kier molecular flexibility index (Phi) is 14.2. The van der Waals surface area contributed by atoms with Gasteiger partial charge in [0.2, 0.25) is 0 Å². The zero-order chi connectivity index (χ0) is 44.9. The van der Waals surface area contributed by atoms with Crippen molar-refractivity contribution in [1.82, 2.24) is 28.7 Å². The summed E-state index contributed by atoms with van der Waals surface area (Å²) in [4.78, 5) is 41.0. The van der Waals surface area contributed by atoms with E-state index in [9.17, 15) is 35.9 Å². The summed E-state index contributed by atoms with van der Waals surface area (Å²) in [6.07, 6.45) is -3.88. The molecule has 0 spiro atoms. The van der Waals surface area contributed by atoms with E-state index in [1.807, 2.05) is 12.1 Å². The van der Waals surface area contributed by atoms with Gasteiger partial charge in [0.25, 0.3) is 0 Å². The number of nitrogens with zero attached hydrogens (tertiary/aromatic N) is 6. The summed E-state index contributed by atoms with van der Waals surface area (Å²) in [5.74, 6) is 2.68. The highest BCUT2D eigenvalue weighted by Crippen LogP contribution is 2.30. The van der Waals surface area contributed by atoms with Crippen LogP contribution in [0.3, 0.4) is 0 Å². The van der Waals surface area contributed by atoms with Gasteiger partial charge in [-0.05, 0) is 65.2 Å². The number of alkyl halides is 6. The molecule has 0 radical (unpaired) electrons. The average molecular weight is 932 g/mol. The van der Waals surface area contributed by atoms with Crippen molar-refractivity contribution in [2.24, 2.45) is 0 Å². The fourth-order valence-electron chi connectivity index (χ4n) is 5.89. The third-order valence-electron chi connectivity index (χ3n) is 8.78. The molecule has 0 amide bonds. The molecule has 0 fully saturated rings. The van der Waals surface area contributed by atoms with Crippen molar-refractivity contribution in [3.8, 4) is 34.0 Å². The van der Waals surface area contributed by atoms with Crippen LogP contribution in [0.4, 0.5) is 38.0 Å². The molecule has 12 nitrogen and oxygen atoms in total. The monoisotopic (exact) mass is 930 g/mol. The van der Waals surface area contributed by atoms with Crippen molar-refractivity contribution >= 4 is 58.9 Å². The van der Waals surface area contributed by atoms with Crippen LogP contribution in [0.1, 0.15) is 50.4 Å². The van der Waals surface area contributed by atoms with Gasteiger partial charge < -0.3 is 20.1 Å². The van der Waals surface area contributed by atoms with Gasteiger partial charge in [0, 0.05) is 36.6 Å². The molecule has 4 aromatic heterocycles. The molecule has 20 heteroatoms. The quantitative estimate of drug-likeness (QED) is 0.0592. The Bertz CT molecular complexity index is 2650. The SMILES string of the molecule is COC(=O)c1ccc(-c2cnc3c(NCCC(F)(F)F)nc(Br)cn23)cc1C.COC(=O)c1ccc(-c2cnc3c(NCCC(F)(F)F)nc(C#C[Si](C)(C)C)cn23)cc1C. The third-order valence-corrected chi connectivity index (χ3v) is 10.0. The van der Waals surface area contributed by atoms with E-state index in [2.05, 4.69) is 77.6 Å². The highest BCUT2D eigenvalue weighted by molar-refractivity contribution is 9.10. The molecular formula is C41H41BrF6N8O4Si. The first-order valence-electron chi connectivity index (χ1n) is 18.5. The molecule has 2 aromatic carbocycles. The maximum absolute atomic E-state index is 12.6. The lowest BCUT2D eigenvalue weighted by Crippen LogP contribution is -2.17. The van der Waals surface area contributed by atoms with Gasteiger partial charge in [-0.1, -0.05) is 37.7 Å². The van der Waals surface area contributed by atoms with Gasteiger partial charge in [-0.3, -0.25) is 8.80 Å². The number of methoxy groups -OCH3 is 2. The van der Waals surface area contributed by atoms with Crippen LogP contribution in [-0.4, -0.2) is 88.4 Å². The van der Waals surface area contributed by atoms with Crippen molar-refractivity contribution in [2.45, 2.75) is 58.7 Å². The van der Waals surface area contributed by atoms with Gasteiger partial charge >= 0.3 is 24.3 Å². The fraction of sp³-hybridized carbons (Fsp3) is 0.317. The Morgan fingerprint density at radius 1 is 0.738 bits per heavy atom. The van der Waals surface area contributed by atoms with Crippen LogP contribution in [0, 0.1) is 25.3 Å². The van der Waals surface area contributed by atoms with E-state index in [4.69, 9.17) is 9.47 Å². The number of benzene rings is 2. The molecule has 322 valence electrons. The third kappa shape index (κ3) is 12.1. The summed E-state index contributed by atoms with van der Waals surface area (Å²) < 4.78 is 88.6. The molecular weight excluding hydrogens is 890 g/mol. The Hall–Kier alpha value is -5.94. The number of halogens is 7. The zero-order valence-electron chi connectivity index (χ0n) is 34.1. The molecule has 61 heavy (non-hydrogen) atoms. The number of fused-ring (bicyclic) bond motifs is 2. The summed E-state index contributed by atoms with van der Waals surface area (Å²) in [5, 5.41) is 5.44. The lowest BCUT2D eigenvalue weighted by Gasteiger charge is -2.11. The van der Waals surface area contributed by atoms with E-state index in [1.165, 1.54) is 14.2 Å². The van der Waals surface area contributed by atoms with E-state index in [1.54, 1.807) is 71.7 Å². The maximum atomic E-state index is 12.6. The number of nitrogens with one attached hydrogen (secondary N) is 2. The minimum absolute atomic E-state index is 0.232. The molecule has 0 saturated carbocycles. The maximum Gasteiger partial charge on any atom is 0.390 e. The average Bonchev–Trinajstić information content (AvgIpc) is 3.80. The predicted octanol–water partition coefficient (Wildman–Crippen LogP) is 9.70. The summed E-state index contributed by atoms with van der Waals surface area (Å²) in [6, 6.07) is 10.5. The lowest BCUT2D eigenvalue weighted by atomic mass is 10.0. The first-order chi connectivity index (χ1) is 28.6. The number of anilines is 2. The van der Waals surface area contributed by atoms with Gasteiger partial charge in [-0.15, -0.1) is 5.54 Å². The Balaban J connectivity index is 0.000000234. The second kappa shape index (κ2) is 18.8. The van der Waals surface area contributed by atoms with Crippen molar-refractivity contribution in [1.29, 1.82) is 0 Å². The van der Waals surface area contributed by atoms with Gasteiger partial charge in [-0.25, -0.2) is 29.5 Å². The molecule has 6 rings (SSSR count). The Labute approximate surface area is 356 Å². The summed E-state index contributed by atoms with van der Waals surface area (Å²) in [7, 11) is 0.937. The molecule has 0 unspecified atom stereocenters. The molecule has 0 aliphatic heterocycles. The number of hydrogen-bond donors (Lipinski definition) is 2. The molecule has 0 saturated heterocycles. The van der Waals surface area contributed by atoms with Crippen LogP contribution in [0.5, 0.6) is 0 Å². The zero-order valence-corrected chi connectivity index (χ0v) is 36.6. The van der Waals surface area contributed by atoms with Crippen molar-refractivity contribution in [3.63, 3.8) is 0 Å². The first kappa shape index (κ1) is 46.1. The Morgan fingerprint density at radius 3 is 1.59 bits per heavy atom. The highest BCUT2D eigenvalue weighted by atomic mass is 79.9. The van der Waals surface area contributed by atoms with Crippen LogP contribution in [0.25, 0.3) is 33.8 Å². The molecule has 0 aliphatic rings. The lowest BCUT2D eigenvalue weighted by molar-refractivity contribution is -0.132. The number of aromatic nitrogens is 6. The number of esters is 2. The van der Waals surface area contributed by atoms with Crippen LogP contribution in [-0.2, 0) is 9.47 Å². The number of carbonyl (C=O) groups excluding carboxylic acids is 2. The van der Waals surface area contributed by atoms with E-state index in [-0.39, 0.29) is 24.7 Å². The molecule has 4 heterocycles. The smallest absolute Gasteiger partial charge is 0.390 e. The van der Waals surface area contributed by atoms with E-state index < -0.39 is 45.2 Å². The molecule has 0 aliphatic carbocycles. The summed E-state index contributed by atoms with van der Waals surface area (Å²) in [6.45, 7) is 9.24. The summed E-state index contributed by atoms with van der Waals surface area (Å²) >= 11 is 3.28. The van der Waals surface area contributed by atoms with Gasteiger partial charge in [0.05, 0.1) is 62.0 Å². The van der Waals surface area contributed by atoms with Gasteiger partial charge in [0.1, 0.15) is 18.4 Å². The number of ether oxygens (including phenoxy) is 2. The van der Waals surface area contributed by atoms with Crippen LogP contribution in [0.2, 0.25) is 19.6 Å². The standard InChI is InChI=1S/C23H25F3N4O2Si.C18H16BrF3N4O2/c1-15-12-16(6-7-18(15)22(31)32-2)19-13-28-21-20(27-10-9-23(24,25)26)29-17(14-30(19)21)8-11-33(3,4)5;1-10-7-11(3-4-12(10)17(27)28-2)13-8-24-16-15(23-6-5-18(20,21)22)25-14(19)9-26(13)16/h6-7,12-14H,9-10H2,1-5H3,(H,27,29);3-4,7-9H,5-6H2,1-2H3,(H,23,25). The molecule has 2 N–H and O–H groups in total. The van der Waals surface area contributed by atoms with Gasteiger partial charge in [-0.2, -0.15) is 26.3 Å². The topological polar surface area (TPSA) is 137 Å². The second-order valence-corrected chi connectivity index (χ2v) is 20.3. The minimum Gasteiger partial charge on any atom is -0.465 e. The number of hydrogen-bond acceptors (Lipinski definition) is 10. The normalized spacial score (nSPS) is 11.7. The number of imidazole rings is 2. The number of carbonyl (C=O) groups is 2. The highest BCUT2D eigenvalue weighted by Gasteiger charge is 2.28. The van der Waals surface area contributed by atoms with E-state index >= 15 is 0 Å². The number of aryl methyl sites for hydroxylation is 2. The van der Waals surface area contributed by atoms with Crippen molar-refractivity contribution in [2.75, 3.05) is 37.9 Å². The minimum atomic E-state index is -4.28. The van der Waals surface area contributed by atoms with Crippen LogP contribution < -0.4 is 10.6 Å². The van der Waals surface area contributed by atoms with Gasteiger partial charge in [0.15, 0.2) is 22.9 Å². The largest absolute Gasteiger partial charge is 0.465 e. The van der Waals surface area contributed by atoms with Crippen molar-refractivity contribution in [3.05, 3.63) is 93.7 Å². The predicted molar refractivity (Wildman–Crippen MR) is 225 cm³/mol. The van der Waals surface area contributed by atoms with E-state index in [0.29, 0.717) is 44.1 Å². The van der Waals surface area contributed by atoms with Crippen LogP contribution in [0.15, 0.2) is 65.8 Å². The number of rotatable bonds is 10. The Morgan fingerprint density at radius 2 is 1.18 bits per heavy atom. The fourth-order valence-corrected chi connectivity index (χ4v) is 6.78. The molecule has 6 aromatic rings. The van der Waals surface area contributed by atoms with Crippen molar-refractivity contribution < 1.29 is 45.4 Å². The van der Waals surface area contributed by atoms with Crippen LogP contribution >= 0.6 is 15.9 Å². The van der Waals surface area contributed by atoms with E-state index in [0.717, 1.165) is 22.3 Å². The second-order valence-electron chi connectivity index (χ2n) is 14.7.